The number of hydrogen-bond donors (Lipinski definition) is 1. The predicted molar refractivity (Wildman–Crippen MR) is 65.5 cm³/mol. The van der Waals surface area contributed by atoms with Gasteiger partial charge in [-0.05, 0) is 47.2 Å². The fourth-order valence-corrected chi connectivity index (χ4v) is 1.50. The molecule has 1 N–H and O–H groups in total. The van der Waals surface area contributed by atoms with Gasteiger partial charge in [-0.2, -0.15) is 0 Å². The highest BCUT2D eigenvalue weighted by atomic mass is 127. The fourth-order valence-electron chi connectivity index (χ4n) is 1.14. The summed E-state index contributed by atoms with van der Waals surface area (Å²) in [6, 6.07) is 7.60. The first-order valence-corrected chi connectivity index (χ1v) is 5.78. The molecule has 1 rings (SSSR count). The van der Waals surface area contributed by atoms with Crippen LogP contribution in [0.1, 0.15) is 12.5 Å². The highest BCUT2D eigenvalue weighted by Crippen LogP contribution is 2.08. The molecule has 0 saturated heterocycles. The van der Waals surface area contributed by atoms with Crippen LogP contribution in [0.2, 0.25) is 0 Å². The van der Waals surface area contributed by atoms with Crippen molar-refractivity contribution in [1.29, 1.82) is 0 Å². The van der Waals surface area contributed by atoms with Crippen LogP contribution in [-0.4, -0.2) is 23.8 Å². The van der Waals surface area contributed by atoms with E-state index in [2.05, 4.69) is 22.6 Å². The van der Waals surface area contributed by atoms with Crippen LogP contribution in [0.5, 0.6) is 0 Å². The van der Waals surface area contributed by atoms with Gasteiger partial charge in [-0.15, -0.1) is 0 Å². The Labute approximate surface area is 103 Å². The molecule has 0 saturated carbocycles. The maximum absolute atomic E-state index is 11.4. The number of aliphatic hydroxyl groups is 1. The van der Waals surface area contributed by atoms with Gasteiger partial charge in [-0.3, -0.25) is 4.79 Å². The molecule has 1 aromatic rings. The second-order valence-electron chi connectivity index (χ2n) is 3.08. The molecule has 0 heterocycles. The summed E-state index contributed by atoms with van der Waals surface area (Å²) >= 11 is 2.20. The van der Waals surface area contributed by atoms with E-state index in [9.17, 15) is 9.90 Å². The topological polar surface area (TPSA) is 46.5 Å². The first-order valence-electron chi connectivity index (χ1n) is 4.70. The van der Waals surface area contributed by atoms with Crippen LogP contribution in [0.4, 0.5) is 0 Å². The molecule has 4 heteroatoms. The Kier molecular flexibility index (Phi) is 5.21. The van der Waals surface area contributed by atoms with Crippen molar-refractivity contribution in [2.24, 2.45) is 0 Å². The lowest BCUT2D eigenvalue weighted by Gasteiger charge is -2.08. The van der Waals surface area contributed by atoms with Crippen LogP contribution in [0.3, 0.4) is 0 Å². The van der Waals surface area contributed by atoms with Gasteiger partial charge >= 0.3 is 0 Å². The van der Waals surface area contributed by atoms with Crippen molar-refractivity contribution < 1.29 is 14.6 Å². The zero-order valence-electron chi connectivity index (χ0n) is 8.44. The van der Waals surface area contributed by atoms with Gasteiger partial charge in [0.25, 0.3) is 0 Å². The van der Waals surface area contributed by atoms with Crippen LogP contribution in [0, 0.1) is 3.57 Å². The third kappa shape index (κ3) is 4.27. The third-order valence-electron chi connectivity index (χ3n) is 1.89. The molecule has 1 atom stereocenters. The van der Waals surface area contributed by atoms with E-state index in [1.807, 2.05) is 24.3 Å². The summed E-state index contributed by atoms with van der Waals surface area (Å²) in [5, 5.41) is 9.26. The molecule has 0 fully saturated rings. The van der Waals surface area contributed by atoms with Crippen LogP contribution >= 0.6 is 22.6 Å². The molecule has 0 radical (unpaired) electrons. The van der Waals surface area contributed by atoms with Gasteiger partial charge in [0.1, 0.15) is 0 Å². The van der Waals surface area contributed by atoms with E-state index in [4.69, 9.17) is 4.74 Å². The minimum absolute atomic E-state index is 0.206. The Morgan fingerprint density at radius 2 is 2.07 bits per heavy atom. The lowest BCUT2D eigenvalue weighted by molar-refractivity contribution is -0.154. The summed E-state index contributed by atoms with van der Waals surface area (Å²) in [5.41, 5.74) is 0.888. The lowest BCUT2D eigenvalue weighted by atomic mass is 10.1. The number of carbonyl (C=O) groups is 1. The predicted octanol–water partition coefficient (Wildman–Crippen LogP) is 1.76. The van der Waals surface area contributed by atoms with Gasteiger partial charge in [-0.25, -0.2) is 0 Å². The monoisotopic (exact) mass is 320 g/mol. The maximum Gasteiger partial charge on any atom is 0.215 e. The molecule has 82 valence electrons. The van der Waals surface area contributed by atoms with E-state index in [0.29, 0.717) is 6.61 Å². The number of Topliss-reactive ketones (excluding diaryl/α,β-unsaturated/α-hetero) is 1. The zero-order chi connectivity index (χ0) is 11.3. The molecule has 1 aromatic carbocycles. The van der Waals surface area contributed by atoms with Gasteiger partial charge in [0.15, 0.2) is 5.78 Å². The van der Waals surface area contributed by atoms with Crippen molar-refractivity contribution >= 4 is 28.4 Å². The van der Waals surface area contributed by atoms with Gasteiger partial charge in [-0.1, -0.05) is 12.1 Å². The smallest absolute Gasteiger partial charge is 0.215 e. The molecular formula is C11H13IO3. The van der Waals surface area contributed by atoms with Gasteiger partial charge in [0.05, 0.1) is 0 Å². The summed E-state index contributed by atoms with van der Waals surface area (Å²) in [4.78, 5) is 11.4. The number of hydrogen-bond acceptors (Lipinski definition) is 3. The average Bonchev–Trinajstić information content (AvgIpc) is 2.22. The number of halogens is 1. The molecule has 0 amide bonds. The van der Waals surface area contributed by atoms with E-state index >= 15 is 0 Å². The Morgan fingerprint density at radius 3 is 2.60 bits per heavy atom. The summed E-state index contributed by atoms with van der Waals surface area (Å²) in [5.74, 6) is -0.307. The molecule has 0 aliphatic rings. The number of ether oxygens (including phenoxy) is 1. The lowest BCUT2D eigenvalue weighted by Crippen LogP contribution is -2.25. The zero-order valence-corrected chi connectivity index (χ0v) is 10.6. The second kappa shape index (κ2) is 6.19. The molecule has 0 aliphatic heterocycles. The number of carbonyl (C=O) groups excluding carboxylic acids is 1. The van der Waals surface area contributed by atoms with Crippen LogP contribution < -0.4 is 0 Å². The highest BCUT2D eigenvalue weighted by Gasteiger charge is 2.14. The minimum atomic E-state index is -1.30. The highest BCUT2D eigenvalue weighted by molar-refractivity contribution is 14.1. The van der Waals surface area contributed by atoms with E-state index in [0.717, 1.165) is 9.13 Å². The normalized spacial score (nSPS) is 12.5. The molecule has 0 aliphatic carbocycles. The molecule has 0 aromatic heterocycles. The number of benzene rings is 1. The van der Waals surface area contributed by atoms with Gasteiger partial charge in [0.2, 0.25) is 6.29 Å². The van der Waals surface area contributed by atoms with E-state index in [-0.39, 0.29) is 12.2 Å². The van der Waals surface area contributed by atoms with Crippen LogP contribution in [0.15, 0.2) is 24.3 Å². The summed E-state index contributed by atoms with van der Waals surface area (Å²) in [7, 11) is 0. The maximum atomic E-state index is 11.4. The SMILES string of the molecule is CCOC(O)C(=O)Cc1ccc(I)cc1. The molecule has 15 heavy (non-hydrogen) atoms. The van der Waals surface area contributed by atoms with Crippen molar-refractivity contribution in [3.8, 4) is 0 Å². The number of aliphatic hydroxyl groups excluding tert-OH is 1. The first-order chi connectivity index (χ1) is 7.13. The van der Waals surface area contributed by atoms with Crippen molar-refractivity contribution in [2.45, 2.75) is 19.6 Å². The van der Waals surface area contributed by atoms with Crippen molar-refractivity contribution in [3.63, 3.8) is 0 Å². The van der Waals surface area contributed by atoms with E-state index in [1.165, 1.54) is 0 Å². The van der Waals surface area contributed by atoms with E-state index in [1.54, 1.807) is 6.92 Å². The average molecular weight is 320 g/mol. The van der Waals surface area contributed by atoms with Gasteiger partial charge in [0, 0.05) is 16.6 Å². The third-order valence-corrected chi connectivity index (χ3v) is 2.61. The van der Waals surface area contributed by atoms with Crippen LogP contribution in [0.25, 0.3) is 0 Å². The summed E-state index contributed by atoms with van der Waals surface area (Å²) < 4.78 is 5.92. The standard InChI is InChI=1S/C11H13IO3/c1-2-15-11(14)10(13)7-8-3-5-9(12)6-4-8/h3-6,11,14H,2,7H2,1H3. The number of ketones is 1. The molecular weight excluding hydrogens is 307 g/mol. The summed E-state index contributed by atoms with van der Waals surface area (Å²) in [6.45, 7) is 2.07. The van der Waals surface area contributed by atoms with Crippen molar-refractivity contribution in [1.82, 2.24) is 0 Å². The number of rotatable bonds is 5. The molecule has 3 nitrogen and oxygen atoms in total. The first kappa shape index (κ1) is 12.6. The van der Waals surface area contributed by atoms with Crippen molar-refractivity contribution in [2.75, 3.05) is 6.61 Å². The minimum Gasteiger partial charge on any atom is -0.362 e. The largest absolute Gasteiger partial charge is 0.362 e. The summed E-state index contributed by atoms with van der Waals surface area (Å²) in [6.07, 6.45) is -1.09. The second-order valence-corrected chi connectivity index (χ2v) is 4.32. The quantitative estimate of drug-likeness (QED) is 0.664. The van der Waals surface area contributed by atoms with Crippen LogP contribution in [-0.2, 0) is 16.0 Å². The molecule has 0 spiro atoms. The van der Waals surface area contributed by atoms with Gasteiger partial charge < -0.3 is 9.84 Å². The Balaban J connectivity index is 2.54. The van der Waals surface area contributed by atoms with Crippen molar-refractivity contribution in [3.05, 3.63) is 33.4 Å². The Bertz CT molecular complexity index is 321. The fraction of sp³-hybridized carbons (Fsp3) is 0.364. The molecule has 0 bridgehead atoms. The Morgan fingerprint density at radius 1 is 1.47 bits per heavy atom. The van der Waals surface area contributed by atoms with E-state index < -0.39 is 6.29 Å². The Hall–Kier alpha value is -0.460. The molecule has 1 unspecified atom stereocenters.